The van der Waals surface area contributed by atoms with Crippen LogP contribution in [0.2, 0.25) is 0 Å². The van der Waals surface area contributed by atoms with Gasteiger partial charge >= 0.3 is 0 Å². The van der Waals surface area contributed by atoms with Gasteiger partial charge in [-0.3, -0.25) is 0 Å². The fourth-order valence-corrected chi connectivity index (χ4v) is 2.60. The Morgan fingerprint density at radius 2 is 2.27 bits per heavy atom. The molecule has 15 heavy (non-hydrogen) atoms. The van der Waals surface area contributed by atoms with Crippen LogP contribution in [0.1, 0.15) is 32.6 Å². The summed E-state index contributed by atoms with van der Waals surface area (Å²) >= 11 is 0. The smallest absolute Gasteiger partial charge is 0.202 e. The first-order valence-corrected chi connectivity index (χ1v) is 6.00. The lowest BCUT2D eigenvalue weighted by Gasteiger charge is -2.29. The number of hydrogen-bond donors (Lipinski definition) is 1. The van der Waals surface area contributed by atoms with E-state index in [0.717, 1.165) is 24.3 Å². The average molecular weight is 207 g/mol. The van der Waals surface area contributed by atoms with E-state index in [1.165, 1.54) is 25.7 Å². The molecular formula is C12H21N3. The van der Waals surface area contributed by atoms with Crippen molar-refractivity contribution in [3.05, 3.63) is 12.4 Å². The van der Waals surface area contributed by atoms with Gasteiger partial charge in [-0.2, -0.15) is 0 Å². The van der Waals surface area contributed by atoms with Gasteiger partial charge in [-0.25, -0.2) is 4.98 Å². The van der Waals surface area contributed by atoms with E-state index in [-0.39, 0.29) is 0 Å². The first-order chi connectivity index (χ1) is 7.31. The molecule has 0 spiro atoms. The molecule has 0 bridgehead atoms. The van der Waals surface area contributed by atoms with Gasteiger partial charge in [-0.1, -0.05) is 26.2 Å². The Bertz CT molecular complexity index is 306. The monoisotopic (exact) mass is 207 g/mol. The summed E-state index contributed by atoms with van der Waals surface area (Å²) in [6, 6.07) is 0. The number of anilines is 1. The van der Waals surface area contributed by atoms with Crippen molar-refractivity contribution in [2.45, 2.75) is 39.2 Å². The molecule has 1 N–H and O–H groups in total. The first-order valence-electron chi connectivity index (χ1n) is 6.00. The molecule has 1 saturated carbocycles. The minimum absolute atomic E-state index is 0.833. The van der Waals surface area contributed by atoms with E-state index in [9.17, 15) is 0 Å². The molecule has 1 aromatic heterocycles. The fraction of sp³-hybridized carbons (Fsp3) is 0.750. The minimum atomic E-state index is 0.833. The molecule has 0 saturated heterocycles. The number of nitrogens with zero attached hydrogens (tertiary/aromatic N) is 2. The molecule has 1 aliphatic rings. The van der Waals surface area contributed by atoms with E-state index in [0.29, 0.717) is 0 Å². The van der Waals surface area contributed by atoms with Gasteiger partial charge in [0.15, 0.2) is 0 Å². The Kier molecular flexibility index (Phi) is 3.29. The van der Waals surface area contributed by atoms with Crippen molar-refractivity contribution in [3.63, 3.8) is 0 Å². The summed E-state index contributed by atoms with van der Waals surface area (Å²) in [5.41, 5.74) is 0. The Balaban J connectivity index is 2.01. The van der Waals surface area contributed by atoms with Crippen molar-refractivity contribution in [1.29, 1.82) is 0 Å². The summed E-state index contributed by atoms with van der Waals surface area (Å²) < 4.78 is 2.24. The van der Waals surface area contributed by atoms with Crippen LogP contribution >= 0.6 is 0 Å². The number of hydrogen-bond acceptors (Lipinski definition) is 2. The molecule has 84 valence electrons. The zero-order chi connectivity index (χ0) is 10.7. The quantitative estimate of drug-likeness (QED) is 0.826. The molecule has 0 radical (unpaired) electrons. The van der Waals surface area contributed by atoms with Crippen molar-refractivity contribution in [3.8, 4) is 0 Å². The Morgan fingerprint density at radius 3 is 3.00 bits per heavy atom. The van der Waals surface area contributed by atoms with E-state index in [1.54, 1.807) is 0 Å². The number of aromatic nitrogens is 2. The molecule has 1 heterocycles. The van der Waals surface area contributed by atoms with Gasteiger partial charge in [0.25, 0.3) is 0 Å². The van der Waals surface area contributed by atoms with E-state index >= 15 is 0 Å². The molecule has 2 unspecified atom stereocenters. The van der Waals surface area contributed by atoms with Crippen LogP contribution in [0.5, 0.6) is 0 Å². The normalized spacial score (nSPS) is 26.5. The maximum atomic E-state index is 4.28. The van der Waals surface area contributed by atoms with Crippen LogP contribution in [0, 0.1) is 11.8 Å². The van der Waals surface area contributed by atoms with Crippen molar-refractivity contribution in [2.75, 3.05) is 12.4 Å². The standard InChI is InChI=1S/C12H21N3/c1-10-5-3-4-6-11(10)9-15-8-7-14-12(15)13-2/h7-8,10-11H,3-6,9H2,1-2H3,(H,13,14). The van der Waals surface area contributed by atoms with E-state index in [2.05, 4.69) is 28.0 Å². The van der Waals surface area contributed by atoms with E-state index < -0.39 is 0 Å². The zero-order valence-electron chi connectivity index (χ0n) is 9.74. The maximum Gasteiger partial charge on any atom is 0.202 e. The lowest BCUT2D eigenvalue weighted by molar-refractivity contribution is 0.229. The van der Waals surface area contributed by atoms with Crippen LogP contribution in [0.4, 0.5) is 5.95 Å². The van der Waals surface area contributed by atoms with Gasteiger partial charge in [0.1, 0.15) is 0 Å². The van der Waals surface area contributed by atoms with Gasteiger partial charge in [-0.05, 0) is 18.3 Å². The van der Waals surface area contributed by atoms with Crippen LogP contribution < -0.4 is 5.32 Å². The van der Waals surface area contributed by atoms with E-state index in [4.69, 9.17) is 0 Å². The summed E-state index contributed by atoms with van der Waals surface area (Å²) in [6.45, 7) is 3.51. The molecule has 1 aliphatic carbocycles. The second kappa shape index (κ2) is 4.69. The second-order valence-electron chi connectivity index (χ2n) is 4.68. The third kappa shape index (κ3) is 2.33. The summed E-state index contributed by atoms with van der Waals surface area (Å²) in [5, 5.41) is 3.13. The Hall–Kier alpha value is -0.990. The Labute approximate surface area is 91.9 Å². The molecular weight excluding hydrogens is 186 g/mol. The number of nitrogens with one attached hydrogen (secondary N) is 1. The highest BCUT2D eigenvalue weighted by Crippen LogP contribution is 2.31. The number of rotatable bonds is 3. The van der Waals surface area contributed by atoms with Crippen LogP contribution in [0.3, 0.4) is 0 Å². The molecule has 1 aromatic rings. The molecule has 2 atom stereocenters. The third-order valence-corrected chi connectivity index (χ3v) is 3.66. The van der Waals surface area contributed by atoms with Crippen LogP contribution in [0.25, 0.3) is 0 Å². The molecule has 0 aromatic carbocycles. The predicted molar refractivity (Wildman–Crippen MR) is 62.9 cm³/mol. The van der Waals surface area contributed by atoms with Crippen molar-refractivity contribution >= 4 is 5.95 Å². The topological polar surface area (TPSA) is 29.9 Å². The van der Waals surface area contributed by atoms with E-state index in [1.807, 2.05) is 13.2 Å². The summed E-state index contributed by atoms with van der Waals surface area (Å²) in [4.78, 5) is 4.28. The summed E-state index contributed by atoms with van der Waals surface area (Å²) in [7, 11) is 1.93. The predicted octanol–water partition coefficient (Wildman–Crippen LogP) is 2.75. The Morgan fingerprint density at radius 1 is 1.47 bits per heavy atom. The average Bonchev–Trinajstić information content (AvgIpc) is 2.69. The largest absolute Gasteiger partial charge is 0.359 e. The third-order valence-electron chi connectivity index (χ3n) is 3.66. The van der Waals surface area contributed by atoms with Gasteiger partial charge in [0.05, 0.1) is 0 Å². The summed E-state index contributed by atoms with van der Waals surface area (Å²) in [6.07, 6.45) is 9.54. The van der Waals surface area contributed by atoms with Gasteiger partial charge in [0.2, 0.25) is 5.95 Å². The van der Waals surface area contributed by atoms with Crippen LogP contribution in [-0.4, -0.2) is 16.6 Å². The van der Waals surface area contributed by atoms with Crippen LogP contribution in [-0.2, 0) is 6.54 Å². The zero-order valence-corrected chi connectivity index (χ0v) is 9.74. The van der Waals surface area contributed by atoms with Gasteiger partial charge < -0.3 is 9.88 Å². The molecule has 3 nitrogen and oxygen atoms in total. The highest BCUT2D eigenvalue weighted by atomic mass is 15.2. The molecule has 0 amide bonds. The maximum absolute atomic E-state index is 4.28. The lowest BCUT2D eigenvalue weighted by atomic mass is 9.80. The fourth-order valence-electron chi connectivity index (χ4n) is 2.60. The van der Waals surface area contributed by atoms with Crippen molar-refractivity contribution < 1.29 is 0 Å². The molecule has 1 fully saturated rings. The summed E-state index contributed by atoms with van der Waals surface area (Å²) in [5.74, 6) is 2.69. The van der Waals surface area contributed by atoms with Crippen molar-refractivity contribution in [2.24, 2.45) is 11.8 Å². The van der Waals surface area contributed by atoms with Crippen LogP contribution in [0.15, 0.2) is 12.4 Å². The molecule has 2 rings (SSSR count). The van der Waals surface area contributed by atoms with Gasteiger partial charge in [-0.15, -0.1) is 0 Å². The minimum Gasteiger partial charge on any atom is -0.359 e. The SMILES string of the molecule is CNc1nccn1CC1CCCCC1C. The lowest BCUT2D eigenvalue weighted by Crippen LogP contribution is -2.22. The molecule has 0 aliphatic heterocycles. The number of imidazole rings is 1. The first kappa shape index (κ1) is 10.5. The highest BCUT2D eigenvalue weighted by molar-refractivity contribution is 5.24. The van der Waals surface area contributed by atoms with Crippen molar-refractivity contribution in [1.82, 2.24) is 9.55 Å². The highest BCUT2D eigenvalue weighted by Gasteiger charge is 2.21. The molecule has 3 heteroatoms. The van der Waals surface area contributed by atoms with Gasteiger partial charge in [0, 0.05) is 26.0 Å². The second-order valence-corrected chi connectivity index (χ2v) is 4.68.